The van der Waals surface area contributed by atoms with E-state index in [9.17, 15) is 18.0 Å². The summed E-state index contributed by atoms with van der Waals surface area (Å²) in [6.45, 7) is 0.263. The van der Waals surface area contributed by atoms with Crippen molar-refractivity contribution in [3.8, 4) is 0 Å². The number of benzene rings is 1. The summed E-state index contributed by atoms with van der Waals surface area (Å²) in [6.07, 6.45) is 6.94. The number of anilines is 1. The fourth-order valence-corrected chi connectivity index (χ4v) is 3.39. The minimum atomic E-state index is -3.43. The van der Waals surface area contributed by atoms with E-state index in [4.69, 9.17) is 4.74 Å². The maximum Gasteiger partial charge on any atom is 0.338 e. The van der Waals surface area contributed by atoms with Crippen LogP contribution in [0.5, 0.6) is 0 Å². The molecule has 0 aromatic heterocycles. The van der Waals surface area contributed by atoms with E-state index in [-0.39, 0.29) is 23.8 Å². The Hall–Kier alpha value is -2.09. The number of nitrogens with one attached hydrogen (secondary N) is 2. The molecule has 1 fully saturated rings. The molecule has 2 rings (SSSR count). The molecule has 1 aromatic rings. The minimum absolute atomic E-state index is 0.175. The van der Waals surface area contributed by atoms with Crippen molar-refractivity contribution in [2.75, 3.05) is 24.1 Å². The van der Waals surface area contributed by atoms with E-state index in [1.54, 1.807) is 0 Å². The predicted molar refractivity (Wildman–Crippen MR) is 94.8 cm³/mol. The van der Waals surface area contributed by atoms with Crippen LogP contribution >= 0.6 is 0 Å². The Morgan fingerprint density at radius 2 is 1.92 bits per heavy atom. The normalized spacial score (nSPS) is 15.4. The highest BCUT2D eigenvalue weighted by Crippen LogP contribution is 2.22. The lowest BCUT2D eigenvalue weighted by Crippen LogP contribution is -2.33. The van der Waals surface area contributed by atoms with Gasteiger partial charge in [-0.25, -0.2) is 13.2 Å². The van der Waals surface area contributed by atoms with Crippen LogP contribution in [0.2, 0.25) is 0 Å². The smallest absolute Gasteiger partial charge is 0.338 e. The van der Waals surface area contributed by atoms with Crippen molar-refractivity contribution in [3.05, 3.63) is 29.8 Å². The maximum absolute atomic E-state index is 12.0. The van der Waals surface area contributed by atoms with E-state index in [1.807, 2.05) is 0 Å². The molecule has 1 aliphatic carbocycles. The summed E-state index contributed by atoms with van der Waals surface area (Å²) in [5, 5.41) is 2.79. The highest BCUT2D eigenvalue weighted by atomic mass is 32.2. The van der Waals surface area contributed by atoms with E-state index < -0.39 is 16.0 Å². The van der Waals surface area contributed by atoms with Gasteiger partial charge in [-0.05, 0) is 37.0 Å². The Morgan fingerprint density at radius 3 is 2.60 bits per heavy atom. The van der Waals surface area contributed by atoms with Crippen molar-refractivity contribution in [1.29, 1.82) is 0 Å². The van der Waals surface area contributed by atoms with Gasteiger partial charge in [0.25, 0.3) is 5.91 Å². The molecule has 1 aliphatic rings. The summed E-state index contributed by atoms with van der Waals surface area (Å²) in [4.78, 5) is 23.8. The Kier molecular flexibility index (Phi) is 6.81. The Labute approximate surface area is 148 Å². The van der Waals surface area contributed by atoms with Crippen LogP contribution in [-0.2, 0) is 19.6 Å². The molecule has 0 unspecified atom stereocenters. The molecule has 8 heteroatoms. The number of hydrogen-bond acceptors (Lipinski definition) is 5. The lowest BCUT2D eigenvalue weighted by Gasteiger charge is -2.21. The summed E-state index contributed by atoms with van der Waals surface area (Å²) in [7, 11) is -3.43. The first-order valence-electron chi connectivity index (χ1n) is 8.35. The van der Waals surface area contributed by atoms with Gasteiger partial charge in [-0.15, -0.1) is 0 Å². The summed E-state index contributed by atoms with van der Waals surface area (Å²) < 4.78 is 29.7. The van der Waals surface area contributed by atoms with Gasteiger partial charge in [-0.2, -0.15) is 0 Å². The third kappa shape index (κ3) is 7.13. The summed E-state index contributed by atoms with van der Waals surface area (Å²) in [5.74, 6) is -0.499. The van der Waals surface area contributed by atoms with Crippen LogP contribution in [0, 0.1) is 5.92 Å². The summed E-state index contributed by atoms with van der Waals surface area (Å²) in [6, 6.07) is 5.92. The van der Waals surface area contributed by atoms with E-state index in [0.717, 1.165) is 19.1 Å². The van der Waals surface area contributed by atoms with E-state index in [0.29, 0.717) is 12.5 Å². The highest BCUT2D eigenvalue weighted by Gasteiger charge is 2.15. The average Bonchev–Trinajstić information content (AvgIpc) is 2.57. The molecule has 25 heavy (non-hydrogen) atoms. The zero-order chi connectivity index (χ0) is 18.3. The van der Waals surface area contributed by atoms with Crippen LogP contribution in [-0.4, -0.2) is 39.7 Å². The van der Waals surface area contributed by atoms with Crippen LogP contribution in [0.25, 0.3) is 0 Å². The topological polar surface area (TPSA) is 102 Å². The number of carbonyl (C=O) groups excluding carboxylic acids is 2. The second kappa shape index (κ2) is 8.84. The molecule has 2 N–H and O–H groups in total. The second-order valence-electron chi connectivity index (χ2n) is 6.34. The molecular weight excluding hydrogens is 344 g/mol. The van der Waals surface area contributed by atoms with Crippen molar-refractivity contribution in [2.24, 2.45) is 5.92 Å². The van der Waals surface area contributed by atoms with Gasteiger partial charge in [0.15, 0.2) is 6.61 Å². The standard InChI is InChI=1S/C17H24N2O5S/c1-25(22,23)19-15-9-5-8-14(10-15)17(21)24-12-16(20)18-11-13-6-3-2-4-7-13/h5,8-10,13,19H,2-4,6-7,11-12H2,1H3,(H,18,20). The predicted octanol–water partition coefficient (Wildman–Crippen LogP) is 1.91. The van der Waals surface area contributed by atoms with Crippen molar-refractivity contribution >= 4 is 27.6 Å². The molecule has 7 nitrogen and oxygen atoms in total. The van der Waals surface area contributed by atoms with Crippen molar-refractivity contribution < 1.29 is 22.7 Å². The first-order chi connectivity index (χ1) is 11.8. The number of sulfonamides is 1. The largest absolute Gasteiger partial charge is 0.452 e. The fraction of sp³-hybridized carbons (Fsp3) is 0.529. The number of esters is 1. The van der Waals surface area contributed by atoms with Crippen LogP contribution in [0.3, 0.4) is 0 Å². The van der Waals surface area contributed by atoms with Gasteiger partial charge in [0.1, 0.15) is 0 Å². The Bertz CT molecular complexity index is 712. The molecule has 1 aromatic carbocycles. The van der Waals surface area contributed by atoms with Crippen LogP contribution in [0.4, 0.5) is 5.69 Å². The number of hydrogen-bond donors (Lipinski definition) is 2. The summed E-state index contributed by atoms with van der Waals surface area (Å²) >= 11 is 0. The Balaban J connectivity index is 1.79. The zero-order valence-electron chi connectivity index (χ0n) is 14.3. The molecule has 0 aliphatic heterocycles. The van der Waals surface area contributed by atoms with Crippen molar-refractivity contribution in [1.82, 2.24) is 5.32 Å². The quantitative estimate of drug-likeness (QED) is 0.716. The van der Waals surface area contributed by atoms with Gasteiger partial charge in [-0.3, -0.25) is 9.52 Å². The van der Waals surface area contributed by atoms with Gasteiger partial charge < -0.3 is 10.1 Å². The number of rotatable bonds is 7. The second-order valence-corrected chi connectivity index (χ2v) is 8.09. The third-order valence-electron chi connectivity index (χ3n) is 4.05. The van der Waals surface area contributed by atoms with E-state index in [1.165, 1.54) is 43.5 Å². The number of carbonyl (C=O) groups is 2. The van der Waals surface area contributed by atoms with Crippen molar-refractivity contribution in [3.63, 3.8) is 0 Å². The molecule has 0 heterocycles. The van der Waals surface area contributed by atoms with Gasteiger partial charge in [0.2, 0.25) is 10.0 Å². The molecule has 0 atom stereocenters. The molecule has 0 spiro atoms. The monoisotopic (exact) mass is 368 g/mol. The van der Waals surface area contributed by atoms with Crippen LogP contribution in [0.15, 0.2) is 24.3 Å². The molecule has 1 saturated carbocycles. The molecule has 0 bridgehead atoms. The van der Waals surface area contributed by atoms with Crippen LogP contribution in [0.1, 0.15) is 42.5 Å². The van der Waals surface area contributed by atoms with Gasteiger partial charge >= 0.3 is 5.97 Å². The summed E-state index contributed by atoms with van der Waals surface area (Å²) in [5.41, 5.74) is 0.437. The maximum atomic E-state index is 12.0. The Morgan fingerprint density at radius 1 is 1.20 bits per heavy atom. The third-order valence-corrected chi connectivity index (χ3v) is 4.66. The van der Waals surface area contributed by atoms with Gasteiger partial charge in [-0.1, -0.05) is 25.3 Å². The van der Waals surface area contributed by atoms with Gasteiger partial charge in [0, 0.05) is 12.2 Å². The molecule has 0 radical (unpaired) electrons. The number of amides is 1. The van der Waals surface area contributed by atoms with E-state index in [2.05, 4.69) is 10.0 Å². The molecule has 138 valence electrons. The first-order valence-corrected chi connectivity index (χ1v) is 10.2. The average molecular weight is 368 g/mol. The van der Waals surface area contributed by atoms with Gasteiger partial charge in [0.05, 0.1) is 11.8 Å². The lowest BCUT2D eigenvalue weighted by molar-refractivity contribution is -0.124. The minimum Gasteiger partial charge on any atom is -0.452 e. The molecular formula is C17H24N2O5S. The lowest BCUT2D eigenvalue weighted by atomic mass is 9.89. The van der Waals surface area contributed by atoms with Crippen molar-refractivity contribution in [2.45, 2.75) is 32.1 Å². The van der Waals surface area contributed by atoms with E-state index >= 15 is 0 Å². The number of ether oxygens (including phenoxy) is 1. The van der Waals surface area contributed by atoms with Crippen LogP contribution < -0.4 is 10.0 Å². The molecule has 0 saturated heterocycles. The highest BCUT2D eigenvalue weighted by molar-refractivity contribution is 7.92. The SMILES string of the molecule is CS(=O)(=O)Nc1cccc(C(=O)OCC(=O)NCC2CCCCC2)c1. The fourth-order valence-electron chi connectivity index (χ4n) is 2.84. The zero-order valence-corrected chi connectivity index (χ0v) is 15.1. The first kappa shape index (κ1) is 19.2. The molecule has 1 amide bonds.